The lowest BCUT2D eigenvalue weighted by atomic mass is 10.0. The maximum atomic E-state index is 12.0. The Morgan fingerprint density at radius 1 is 1.19 bits per heavy atom. The van der Waals surface area contributed by atoms with Gasteiger partial charge in [0.25, 0.3) is 11.1 Å². The van der Waals surface area contributed by atoms with Crippen LogP contribution >= 0.6 is 12.2 Å². The molecule has 0 fully saturated rings. The standard InChI is InChI=1S/C15H19N5O5S/c1-6(2)5-8(14(24)25)16-9(21)4-3-7-12(22)18-11-10(17-7)13(23)20-15(26)19-11/h6,8H,3-5H2,1-2H3,(H,16,21)(H,24,25)(H3,18,19,20,22,23,26). The molecule has 1 atom stereocenters. The molecule has 0 bridgehead atoms. The van der Waals surface area contributed by atoms with Crippen molar-refractivity contribution in [3.63, 3.8) is 0 Å². The Morgan fingerprint density at radius 3 is 2.50 bits per heavy atom. The Kier molecular flexibility index (Phi) is 6.03. The normalized spacial score (nSPS) is 12.3. The summed E-state index contributed by atoms with van der Waals surface area (Å²) < 4.78 is 0.0527. The van der Waals surface area contributed by atoms with Crippen molar-refractivity contribution in [2.75, 3.05) is 0 Å². The number of H-pyrrole nitrogens is 3. The molecule has 0 spiro atoms. The Labute approximate surface area is 152 Å². The van der Waals surface area contributed by atoms with Gasteiger partial charge in [0, 0.05) is 12.8 Å². The molecule has 0 aliphatic carbocycles. The van der Waals surface area contributed by atoms with Crippen molar-refractivity contribution >= 4 is 35.3 Å². The van der Waals surface area contributed by atoms with Gasteiger partial charge in [0.1, 0.15) is 17.4 Å². The van der Waals surface area contributed by atoms with Crippen LogP contribution in [0.2, 0.25) is 0 Å². The molecule has 0 saturated carbocycles. The zero-order valence-corrected chi connectivity index (χ0v) is 15.0. The van der Waals surface area contributed by atoms with Gasteiger partial charge in [-0.3, -0.25) is 19.4 Å². The van der Waals surface area contributed by atoms with Crippen molar-refractivity contribution in [2.45, 2.75) is 39.2 Å². The summed E-state index contributed by atoms with van der Waals surface area (Å²) in [5, 5.41) is 11.6. The van der Waals surface area contributed by atoms with E-state index in [1.165, 1.54) is 0 Å². The van der Waals surface area contributed by atoms with Gasteiger partial charge >= 0.3 is 5.97 Å². The summed E-state index contributed by atoms with van der Waals surface area (Å²) in [5.74, 6) is -1.53. The molecular formula is C15H19N5O5S. The molecule has 10 nitrogen and oxygen atoms in total. The van der Waals surface area contributed by atoms with Crippen LogP contribution in [0.4, 0.5) is 0 Å². The summed E-state index contributed by atoms with van der Waals surface area (Å²) in [6.07, 6.45) is 0.120. The Morgan fingerprint density at radius 2 is 1.88 bits per heavy atom. The van der Waals surface area contributed by atoms with Crippen molar-refractivity contribution < 1.29 is 14.7 Å². The van der Waals surface area contributed by atoms with Crippen molar-refractivity contribution in [3.8, 4) is 0 Å². The van der Waals surface area contributed by atoms with Crippen molar-refractivity contribution in [3.05, 3.63) is 31.2 Å². The maximum Gasteiger partial charge on any atom is 0.326 e. The van der Waals surface area contributed by atoms with E-state index >= 15 is 0 Å². The van der Waals surface area contributed by atoms with E-state index in [0.29, 0.717) is 6.42 Å². The molecule has 5 N–H and O–H groups in total. The van der Waals surface area contributed by atoms with E-state index in [0.717, 1.165) is 0 Å². The molecule has 2 aromatic heterocycles. The minimum atomic E-state index is -1.12. The molecule has 1 amide bonds. The first-order valence-electron chi connectivity index (χ1n) is 7.95. The average Bonchev–Trinajstić information content (AvgIpc) is 2.51. The topological polar surface area (TPSA) is 161 Å². The van der Waals surface area contributed by atoms with E-state index in [9.17, 15) is 19.2 Å². The molecule has 11 heteroatoms. The average molecular weight is 381 g/mol. The van der Waals surface area contributed by atoms with E-state index in [2.05, 4.69) is 25.3 Å². The summed E-state index contributed by atoms with van der Waals surface area (Å²) in [6.45, 7) is 3.70. The summed E-state index contributed by atoms with van der Waals surface area (Å²) >= 11 is 4.82. The molecule has 140 valence electrons. The summed E-state index contributed by atoms with van der Waals surface area (Å²) in [5.41, 5.74) is -1.05. The quantitative estimate of drug-likeness (QED) is 0.429. The van der Waals surface area contributed by atoms with Crippen LogP contribution < -0.4 is 16.4 Å². The first-order valence-corrected chi connectivity index (χ1v) is 8.36. The molecule has 2 aromatic rings. The number of aromatic nitrogens is 4. The lowest BCUT2D eigenvalue weighted by Gasteiger charge is -2.16. The fourth-order valence-corrected chi connectivity index (χ4v) is 2.60. The van der Waals surface area contributed by atoms with Crippen LogP contribution in [0.15, 0.2) is 9.59 Å². The molecule has 0 aliphatic heterocycles. The third-order valence-electron chi connectivity index (χ3n) is 3.59. The number of hydrogen-bond acceptors (Lipinski definition) is 6. The Balaban J connectivity index is 2.14. The fourth-order valence-electron chi connectivity index (χ4n) is 2.41. The van der Waals surface area contributed by atoms with Crippen LogP contribution in [0.25, 0.3) is 11.2 Å². The molecule has 0 aromatic carbocycles. The van der Waals surface area contributed by atoms with Gasteiger partial charge < -0.3 is 20.4 Å². The number of hydrogen-bond donors (Lipinski definition) is 5. The van der Waals surface area contributed by atoms with Gasteiger partial charge in [0.15, 0.2) is 10.3 Å². The minimum absolute atomic E-state index is 0.000553. The number of aliphatic carboxylic acids is 1. The monoisotopic (exact) mass is 381 g/mol. The highest BCUT2D eigenvalue weighted by Gasteiger charge is 2.21. The lowest BCUT2D eigenvalue weighted by molar-refractivity contribution is -0.142. The van der Waals surface area contributed by atoms with E-state index in [1.54, 1.807) is 0 Å². The van der Waals surface area contributed by atoms with E-state index in [-0.39, 0.29) is 40.4 Å². The van der Waals surface area contributed by atoms with Crippen LogP contribution in [-0.2, 0) is 16.0 Å². The third kappa shape index (κ3) is 4.85. The lowest BCUT2D eigenvalue weighted by Crippen LogP contribution is -2.41. The second-order valence-electron chi connectivity index (χ2n) is 6.23. The number of carbonyl (C=O) groups is 2. The number of aryl methyl sites for hydroxylation is 1. The van der Waals surface area contributed by atoms with E-state index in [1.807, 2.05) is 13.8 Å². The highest BCUT2D eigenvalue weighted by atomic mass is 32.1. The highest BCUT2D eigenvalue weighted by Crippen LogP contribution is 2.06. The van der Waals surface area contributed by atoms with E-state index < -0.39 is 29.0 Å². The second kappa shape index (κ2) is 8.04. The predicted octanol–water partition coefficient (Wildman–Crippen LogP) is 0.217. The zero-order valence-electron chi connectivity index (χ0n) is 14.2. The number of carboxylic acid groups (broad SMARTS) is 1. The SMILES string of the molecule is CC(C)CC(NC(=O)CCc1nc2c(=O)[nH]c(=S)[nH]c2[nH]c1=O)C(=O)O. The first kappa shape index (κ1) is 19.5. The van der Waals surface area contributed by atoms with Crippen LogP contribution in [0.5, 0.6) is 0 Å². The van der Waals surface area contributed by atoms with Gasteiger partial charge in [-0.2, -0.15) is 0 Å². The summed E-state index contributed by atoms with van der Waals surface area (Å²) in [6, 6.07) is -0.992. The molecule has 0 saturated heterocycles. The molecule has 2 heterocycles. The third-order valence-corrected chi connectivity index (χ3v) is 3.80. The van der Waals surface area contributed by atoms with Crippen LogP contribution in [0, 0.1) is 10.7 Å². The van der Waals surface area contributed by atoms with Gasteiger partial charge in [-0.05, 0) is 24.6 Å². The summed E-state index contributed by atoms with van der Waals surface area (Å²) in [7, 11) is 0. The highest BCUT2D eigenvalue weighted by molar-refractivity contribution is 7.71. The number of carboxylic acids is 1. The van der Waals surface area contributed by atoms with Crippen LogP contribution in [-0.4, -0.2) is 43.0 Å². The van der Waals surface area contributed by atoms with Gasteiger partial charge in [0.2, 0.25) is 5.91 Å². The van der Waals surface area contributed by atoms with Crippen molar-refractivity contribution in [1.82, 2.24) is 25.3 Å². The minimum Gasteiger partial charge on any atom is -0.480 e. The van der Waals surface area contributed by atoms with Gasteiger partial charge in [-0.15, -0.1) is 0 Å². The molecule has 26 heavy (non-hydrogen) atoms. The Bertz CT molecular complexity index is 1010. The summed E-state index contributed by atoms with van der Waals surface area (Å²) in [4.78, 5) is 58.5. The Hall–Kier alpha value is -2.82. The number of amides is 1. The van der Waals surface area contributed by atoms with Gasteiger partial charge in [0.05, 0.1) is 0 Å². The number of fused-ring (bicyclic) bond motifs is 1. The second-order valence-corrected chi connectivity index (χ2v) is 6.64. The molecule has 2 rings (SSSR count). The zero-order chi connectivity index (χ0) is 19.4. The first-order chi connectivity index (χ1) is 12.2. The van der Waals surface area contributed by atoms with Crippen LogP contribution in [0.3, 0.4) is 0 Å². The maximum absolute atomic E-state index is 12.0. The predicted molar refractivity (Wildman–Crippen MR) is 95.5 cm³/mol. The van der Waals surface area contributed by atoms with Crippen LogP contribution in [0.1, 0.15) is 32.4 Å². The van der Waals surface area contributed by atoms with Gasteiger partial charge in [-0.25, -0.2) is 9.78 Å². The molecular weight excluding hydrogens is 362 g/mol. The number of nitrogens with zero attached hydrogens (tertiary/aromatic N) is 1. The fraction of sp³-hybridized carbons (Fsp3) is 0.467. The number of nitrogens with one attached hydrogen (secondary N) is 4. The van der Waals surface area contributed by atoms with E-state index in [4.69, 9.17) is 17.3 Å². The van der Waals surface area contributed by atoms with Gasteiger partial charge in [-0.1, -0.05) is 13.8 Å². The molecule has 0 aliphatic rings. The molecule has 0 radical (unpaired) electrons. The number of aromatic amines is 3. The smallest absolute Gasteiger partial charge is 0.326 e. The molecule has 1 unspecified atom stereocenters. The number of rotatable bonds is 7. The van der Waals surface area contributed by atoms with Crippen molar-refractivity contribution in [1.29, 1.82) is 0 Å². The number of carbonyl (C=O) groups excluding carboxylic acids is 1. The largest absolute Gasteiger partial charge is 0.480 e. The van der Waals surface area contributed by atoms with Crippen molar-refractivity contribution in [2.24, 2.45) is 5.92 Å².